The van der Waals surface area contributed by atoms with E-state index in [4.69, 9.17) is 4.74 Å². The van der Waals surface area contributed by atoms with Crippen molar-refractivity contribution in [2.75, 3.05) is 7.11 Å². The number of benzene rings is 1. The number of hydrogen-bond acceptors (Lipinski definition) is 6. The molecule has 0 bridgehead atoms. The molecule has 1 aromatic carbocycles. The van der Waals surface area contributed by atoms with Crippen LogP contribution in [0, 0.1) is 15.3 Å². The van der Waals surface area contributed by atoms with E-state index >= 15 is 0 Å². The molecule has 0 saturated carbocycles. The van der Waals surface area contributed by atoms with Gasteiger partial charge in [-0.05, 0) is 24.3 Å². The number of hydrogen-bond donors (Lipinski definition) is 0. The van der Waals surface area contributed by atoms with E-state index in [1.165, 1.54) is 7.11 Å². The zero-order valence-electron chi connectivity index (χ0n) is 8.69. The smallest absolute Gasteiger partial charge is 0.495 e. The monoisotopic (exact) mass is 237 g/mol. The Bertz CT molecular complexity index is 548. The minimum absolute atomic E-state index is 0.118. The van der Waals surface area contributed by atoms with E-state index < -0.39 is 10.7 Å². The first-order valence-electron chi connectivity index (χ1n) is 4.52. The number of rotatable bonds is 3. The molecule has 0 aliphatic heterocycles. The molecule has 1 heterocycles. The topological polar surface area (TPSA) is 105 Å². The Morgan fingerprint density at radius 1 is 1.41 bits per heavy atom. The van der Waals surface area contributed by atoms with Gasteiger partial charge in [-0.25, -0.2) is 0 Å². The van der Waals surface area contributed by atoms with Crippen LogP contribution in [-0.4, -0.2) is 17.2 Å². The first kappa shape index (κ1) is 10.9. The summed E-state index contributed by atoms with van der Waals surface area (Å²) in [6.07, 6.45) is 0. The fourth-order valence-electron chi connectivity index (χ4n) is 1.33. The lowest BCUT2D eigenvalue weighted by atomic mass is 10.1. The highest BCUT2D eigenvalue weighted by Crippen LogP contribution is 2.26. The van der Waals surface area contributed by atoms with Gasteiger partial charge in [-0.1, -0.05) is 0 Å². The van der Waals surface area contributed by atoms with Gasteiger partial charge in [0.2, 0.25) is 0 Å². The maximum Gasteiger partial charge on any atom is 0.495 e. The van der Waals surface area contributed by atoms with Crippen molar-refractivity contribution in [1.29, 1.82) is 0 Å². The van der Waals surface area contributed by atoms with Crippen molar-refractivity contribution in [3.05, 3.63) is 39.6 Å². The molecule has 0 N–H and O–H groups in total. The first-order chi connectivity index (χ1) is 8.13. The Kier molecular flexibility index (Phi) is 2.61. The van der Waals surface area contributed by atoms with Crippen molar-refractivity contribution in [3.8, 4) is 17.0 Å². The number of aromatic nitrogens is 2. The largest absolute Gasteiger partial charge is 0.497 e. The third-order valence-corrected chi connectivity index (χ3v) is 2.13. The molecule has 88 valence electrons. The minimum Gasteiger partial charge on any atom is -0.497 e. The average Bonchev–Trinajstić information content (AvgIpc) is 2.71. The maximum absolute atomic E-state index is 11.0. The van der Waals surface area contributed by atoms with Crippen LogP contribution in [0.25, 0.3) is 11.3 Å². The van der Waals surface area contributed by atoms with Crippen molar-refractivity contribution in [2.45, 2.75) is 0 Å². The number of ether oxygens (including phenoxy) is 1. The zero-order valence-corrected chi connectivity index (χ0v) is 8.69. The van der Waals surface area contributed by atoms with E-state index in [2.05, 4.69) is 9.79 Å². The number of nitrogens with zero attached hydrogens (tertiary/aromatic N) is 3. The molecule has 0 unspecified atom stereocenters. The maximum atomic E-state index is 11.0. The number of methoxy groups -OCH3 is 1. The molecular formula is C9H7N3O5. The van der Waals surface area contributed by atoms with E-state index in [9.17, 15) is 15.3 Å². The molecular weight excluding hydrogens is 230 g/mol. The Morgan fingerprint density at radius 3 is 2.59 bits per heavy atom. The summed E-state index contributed by atoms with van der Waals surface area (Å²) in [5.41, 5.74) is 0.281. The normalized spacial score (nSPS) is 10.2. The Morgan fingerprint density at radius 2 is 2.06 bits per heavy atom. The van der Waals surface area contributed by atoms with Gasteiger partial charge < -0.3 is 20.1 Å². The van der Waals surface area contributed by atoms with E-state index in [0.717, 1.165) is 0 Å². The molecule has 8 nitrogen and oxygen atoms in total. The molecule has 0 atom stereocenters. The predicted octanol–water partition coefficient (Wildman–Crippen LogP) is 0.892. The van der Waals surface area contributed by atoms with Crippen LogP contribution in [0.3, 0.4) is 0 Å². The Balaban J connectivity index is 2.49. The summed E-state index contributed by atoms with van der Waals surface area (Å²) in [6.45, 7) is 0. The highest BCUT2D eigenvalue weighted by atomic mass is 16.8. The van der Waals surface area contributed by atoms with Crippen molar-refractivity contribution < 1.29 is 19.2 Å². The molecule has 0 radical (unpaired) electrons. The molecule has 8 heteroatoms. The minimum atomic E-state index is -0.844. The molecule has 0 fully saturated rings. The first-order valence-corrected chi connectivity index (χ1v) is 4.52. The zero-order chi connectivity index (χ0) is 12.4. The third-order valence-electron chi connectivity index (χ3n) is 2.13. The fraction of sp³-hybridized carbons (Fsp3) is 0.111. The summed E-state index contributed by atoms with van der Waals surface area (Å²) < 4.78 is 9.15. The lowest BCUT2D eigenvalue weighted by Gasteiger charge is -1.97. The molecule has 0 aliphatic carbocycles. The van der Waals surface area contributed by atoms with Crippen LogP contribution < -0.4 is 9.64 Å². The van der Waals surface area contributed by atoms with Gasteiger partial charge in [-0.3, -0.25) is 0 Å². The van der Waals surface area contributed by atoms with Gasteiger partial charge in [0, 0.05) is 10.5 Å². The van der Waals surface area contributed by atoms with E-state index in [1.54, 1.807) is 24.3 Å². The van der Waals surface area contributed by atoms with Gasteiger partial charge in [-0.15, -0.1) is 0 Å². The van der Waals surface area contributed by atoms with Gasteiger partial charge in [-0.2, -0.15) is 4.63 Å². The van der Waals surface area contributed by atoms with E-state index in [-0.39, 0.29) is 10.6 Å². The highest BCUT2D eigenvalue weighted by molar-refractivity contribution is 5.65. The molecule has 0 spiro atoms. The van der Waals surface area contributed by atoms with Crippen LogP contribution in [0.4, 0.5) is 5.82 Å². The number of nitro groups is 1. The fourth-order valence-corrected chi connectivity index (χ4v) is 1.33. The molecule has 1 aromatic heterocycles. The van der Waals surface area contributed by atoms with Crippen molar-refractivity contribution in [2.24, 2.45) is 0 Å². The van der Waals surface area contributed by atoms with Crippen LogP contribution in [0.5, 0.6) is 5.75 Å². The summed E-state index contributed by atoms with van der Waals surface area (Å²) in [5.74, 6) is -0.148. The highest BCUT2D eigenvalue weighted by Gasteiger charge is 2.32. The van der Waals surface area contributed by atoms with Crippen LogP contribution in [0.2, 0.25) is 0 Å². The van der Waals surface area contributed by atoms with Gasteiger partial charge in [0.25, 0.3) is 0 Å². The summed E-state index contributed by atoms with van der Waals surface area (Å²) in [7, 11) is 1.50. The molecule has 17 heavy (non-hydrogen) atoms. The van der Waals surface area contributed by atoms with Crippen LogP contribution in [0.15, 0.2) is 28.9 Å². The van der Waals surface area contributed by atoms with E-state index in [0.29, 0.717) is 11.3 Å². The Hall–Kier alpha value is -2.64. The standard InChI is InChI=1S/C9H7N3O5/c1-16-7-4-2-6(3-5-7)8-9(11(13)14)12(15)17-10-8/h2-5H,1H3. The van der Waals surface area contributed by atoms with Crippen LogP contribution in [-0.2, 0) is 0 Å². The summed E-state index contributed by atoms with van der Waals surface area (Å²) in [6, 6.07) is 6.29. The third kappa shape index (κ3) is 1.87. The lowest BCUT2D eigenvalue weighted by molar-refractivity contribution is -0.825. The molecule has 2 aromatic rings. The quantitative estimate of drug-likeness (QED) is 0.446. The molecule has 0 amide bonds. The van der Waals surface area contributed by atoms with Gasteiger partial charge in [0.15, 0.2) is 0 Å². The SMILES string of the molecule is COc1ccc(-c2no[n+]([O-])c2[N+](=O)[O-])cc1. The predicted molar refractivity (Wildman–Crippen MR) is 54.1 cm³/mol. The van der Waals surface area contributed by atoms with E-state index in [1.807, 2.05) is 0 Å². The summed E-state index contributed by atoms with van der Waals surface area (Å²) >= 11 is 0. The summed E-state index contributed by atoms with van der Waals surface area (Å²) in [4.78, 5) is 9.58. The second kappa shape index (κ2) is 4.08. The van der Waals surface area contributed by atoms with Crippen LogP contribution in [0.1, 0.15) is 0 Å². The summed E-state index contributed by atoms with van der Waals surface area (Å²) in [5, 5.41) is 25.0. The van der Waals surface area contributed by atoms with Crippen LogP contribution >= 0.6 is 0 Å². The molecule has 0 aliphatic rings. The van der Waals surface area contributed by atoms with Gasteiger partial charge >= 0.3 is 11.5 Å². The Labute approximate surface area is 94.7 Å². The molecule has 2 rings (SSSR count). The van der Waals surface area contributed by atoms with Gasteiger partial charge in [0.05, 0.1) is 12.0 Å². The van der Waals surface area contributed by atoms with Crippen molar-refractivity contribution in [1.82, 2.24) is 5.16 Å². The second-order valence-electron chi connectivity index (χ2n) is 3.09. The van der Waals surface area contributed by atoms with Crippen molar-refractivity contribution >= 4 is 5.82 Å². The lowest BCUT2D eigenvalue weighted by Crippen LogP contribution is -2.26. The average molecular weight is 237 g/mol. The van der Waals surface area contributed by atoms with Crippen molar-refractivity contribution in [3.63, 3.8) is 0 Å². The van der Waals surface area contributed by atoms with Gasteiger partial charge in [0.1, 0.15) is 10.9 Å². The second-order valence-corrected chi connectivity index (χ2v) is 3.09. The molecule has 0 saturated heterocycles.